The van der Waals surface area contributed by atoms with E-state index in [1.165, 1.54) is 6.07 Å². The van der Waals surface area contributed by atoms with Crippen molar-refractivity contribution in [1.29, 1.82) is 5.26 Å². The summed E-state index contributed by atoms with van der Waals surface area (Å²) in [6.07, 6.45) is 1.07. The molecule has 1 aromatic carbocycles. The van der Waals surface area contributed by atoms with Crippen molar-refractivity contribution in [3.63, 3.8) is 0 Å². The van der Waals surface area contributed by atoms with Crippen LogP contribution in [0.3, 0.4) is 0 Å². The van der Waals surface area contributed by atoms with E-state index in [0.29, 0.717) is 18.3 Å². The van der Waals surface area contributed by atoms with Crippen LogP contribution in [0.15, 0.2) is 18.2 Å². The quantitative estimate of drug-likeness (QED) is 0.843. The van der Waals surface area contributed by atoms with E-state index >= 15 is 0 Å². The Morgan fingerprint density at radius 3 is 3.12 bits per heavy atom. The van der Waals surface area contributed by atoms with Gasteiger partial charge >= 0.3 is 0 Å². The second-order valence-corrected chi connectivity index (χ2v) is 3.89. The van der Waals surface area contributed by atoms with Crippen LogP contribution in [-0.2, 0) is 0 Å². The highest BCUT2D eigenvalue weighted by Gasteiger charge is 2.16. The van der Waals surface area contributed by atoms with E-state index in [2.05, 4.69) is 5.32 Å². The van der Waals surface area contributed by atoms with E-state index in [1.54, 1.807) is 12.1 Å². The number of nitrogens with one attached hydrogen (secondary N) is 1. The highest BCUT2D eigenvalue weighted by molar-refractivity contribution is 5.43. The number of ether oxygens (including phenoxy) is 1. The third kappa shape index (κ3) is 2.31. The molecule has 1 fully saturated rings. The van der Waals surface area contributed by atoms with Crippen LogP contribution in [0.25, 0.3) is 0 Å². The molecule has 0 aromatic heterocycles. The SMILES string of the molecule is N#Cc1c(F)cccc1OCC1CCNC1. The zero-order valence-electron chi connectivity index (χ0n) is 8.87. The first-order valence-electron chi connectivity index (χ1n) is 5.33. The van der Waals surface area contributed by atoms with E-state index < -0.39 is 5.82 Å². The fraction of sp³-hybridized carbons (Fsp3) is 0.417. The Hall–Kier alpha value is -1.60. The maximum atomic E-state index is 13.2. The molecule has 16 heavy (non-hydrogen) atoms. The number of rotatable bonds is 3. The summed E-state index contributed by atoms with van der Waals surface area (Å²) in [5, 5.41) is 12.0. The van der Waals surface area contributed by atoms with Gasteiger partial charge in [0.2, 0.25) is 0 Å². The van der Waals surface area contributed by atoms with Crippen LogP contribution < -0.4 is 10.1 Å². The maximum Gasteiger partial charge on any atom is 0.144 e. The van der Waals surface area contributed by atoms with E-state index in [9.17, 15) is 4.39 Å². The normalized spacial score (nSPS) is 19.4. The highest BCUT2D eigenvalue weighted by atomic mass is 19.1. The molecule has 1 saturated heterocycles. The molecule has 2 rings (SSSR count). The zero-order chi connectivity index (χ0) is 11.4. The van der Waals surface area contributed by atoms with E-state index in [4.69, 9.17) is 10.00 Å². The highest BCUT2D eigenvalue weighted by Crippen LogP contribution is 2.21. The molecule has 0 bridgehead atoms. The summed E-state index contributed by atoms with van der Waals surface area (Å²) >= 11 is 0. The van der Waals surface area contributed by atoms with Crippen molar-refractivity contribution in [1.82, 2.24) is 5.32 Å². The predicted molar refractivity (Wildman–Crippen MR) is 57.6 cm³/mol. The van der Waals surface area contributed by atoms with Gasteiger partial charge in [0.15, 0.2) is 0 Å². The number of hydrogen-bond donors (Lipinski definition) is 1. The van der Waals surface area contributed by atoms with Crippen LogP contribution in [0.5, 0.6) is 5.75 Å². The monoisotopic (exact) mass is 220 g/mol. The Morgan fingerprint density at radius 1 is 1.56 bits per heavy atom. The van der Waals surface area contributed by atoms with Gasteiger partial charge in [0, 0.05) is 12.5 Å². The van der Waals surface area contributed by atoms with Crippen LogP contribution in [0.2, 0.25) is 0 Å². The number of benzene rings is 1. The first-order chi connectivity index (χ1) is 7.81. The van der Waals surface area contributed by atoms with Gasteiger partial charge in [-0.15, -0.1) is 0 Å². The second-order valence-electron chi connectivity index (χ2n) is 3.89. The average Bonchev–Trinajstić information content (AvgIpc) is 2.79. The van der Waals surface area contributed by atoms with Crippen molar-refractivity contribution >= 4 is 0 Å². The summed E-state index contributed by atoms with van der Waals surface area (Å²) in [6.45, 7) is 2.46. The third-order valence-electron chi connectivity index (χ3n) is 2.72. The molecule has 0 aliphatic carbocycles. The topological polar surface area (TPSA) is 45.0 Å². The minimum absolute atomic E-state index is 0.00606. The lowest BCUT2D eigenvalue weighted by molar-refractivity contribution is 0.258. The molecule has 1 heterocycles. The Kier molecular flexibility index (Phi) is 3.37. The van der Waals surface area contributed by atoms with Crippen LogP contribution in [0, 0.1) is 23.1 Å². The fourth-order valence-electron chi connectivity index (χ4n) is 1.80. The van der Waals surface area contributed by atoms with Crippen LogP contribution in [-0.4, -0.2) is 19.7 Å². The standard InChI is InChI=1S/C12H13FN2O/c13-11-2-1-3-12(10(11)6-14)16-8-9-4-5-15-7-9/h1-3,9,15H,4-5,7-8H2. The van der Waals surface area contributed by atoms with Gasteiger partial charge in [-0.25, -0.2) is 4.39 Å². The molecule has 1 aromatic rings. The molecule has 1 aliphatic heterocycles. The van der Waals surface area contributed by atoms with E-state index in [0.717, 1.165) is 19.5 Å². The number of nitriles is 1. The summed E-state index contributed by atoms with van der Waals surface area (Å²) in [4.78, 5) is 0. The molecule has 0 amide bonds. The largest absolute Gasteiger partial charge is 0.492 e. The lowest BCUT2D eigenvalue weighted by atomic mass is 10.1. The Balaban J connectivity index is 2.03. The lowest BCUT2D eigenvalue weighted by Gasteiger charge is -2.11. The average molecular weight is 220 g/mol. The summed E-state index contributed by atoms with van der Waals surface area (Å²) in [5.74, 6) is 0.272. The minimum atomic E-state index is -0.524. The van der Waals surface area contributed by atoms with Gasteiger partial charge in [-0.05, 0) is 25.1 Å². The van der Waals surface area contributed by atoms with Gasteiger partial charge in [-0.3, -0.25) is 0 Å². The van der Waals surface area contributed by atoms with Crippen molar-refractivity contribution in [2.75, 3.05) is 19.7 Å². The van der Waals surface area contributed by atoms with Gasteiger partial charge < -0.3 is 10.1 Å². The van der Waals surface area contributed by atoms with Gasteiger partial charge in [-0.2, -0.15) is 5.26 Å². The molecule has 1 unspecified atom stereocenters. The number of nitrogens with zero attached hydrogens (tertiary/aromatic N) is 1. The summed E-state index contributed by atoms with van der Waals surface area (Å²) < 4.78 is 18.7. The molecule has 84 valence electrons. The maximum absolute atomic E-state index is 13.2. The molecule has 0 saturated carbocycles. The number of halogens is 1. The van der Waals surface area contributed by atoms with Crippen molar-refractivity contribution in [3.05, 3.63) is 29.6 Å². The lowest BCUT2D eigenvalue weighted by Crippen LogP contribution is -2.16. The summed E-state index contributed by atoms with van der Waals surface area (Å²) in [5.41, 5.74) is -0.00606. The third-order valence-corrected chi connectivity index (χ3v) is 2.72. The first kappa shape index (κ1) is 10.9. The molecular formula is C12H13FN2O. The number of hydrogen-bond acceptors (Lipinski definition) is 3. The van der Waals surface area contributed by atoms with Crippen molar-refractivity contribution in [2.45, 2.75) is 6.42 Å². The zero-order valence-corrected chi connectivity index (χ0v) is 8.87. The van der Waals surface area contributed by atoms with Gasteiger partial charge in [-0.1, -0.05) is 6.07 Å². The van der Waals surface area contributed by atoms with E-state index in [-0.39, 0.29) is 5.56 Å². The molecule has 0 spiro atoms. The van der Waals surface area contributed by atoms with Gasteiger partial charge in [0.1, 0.15) is 23.2 Å². The Bertz CT molecular complexity index is 408. The molecule has 0 radical (unpaired) electrons. The smallest absolute Gasteiger partial charge is 0.144 e. The second kappa shape index (κ2) is 4.95. The van der Waals surface area contributed by atoms with Gasteiger partial charge in [0.05, 0.1) is 6.61 Å². The molecular weight excluding hydrogens is 207 g/mol. The molecule has 4 heteroatoms. The van der Waals surface area contributed by atoms with Crippen molar-refractivity contribution in [3.8, 4) is 11.8 Å². The summed E-state index contributed by atoms with van der Waals surface area (Å²) in [7, 11) is 0. The Morgan fingerprint density at radius 2 is 2.44 bits per heavy atom. The minimum Gasteiger partial charge on any atom is -0.492 e. The van der Waals surface area contributed by atoms with Crippen LogP contribution in [0.1, 0.15) is 12.0 Å². The fourth-order valence-corrected chi connectivity index (χ4v) is 1.80. The summed E-state index contributed by atoms with van der Waals surface area (Å²) in [6, 6.07) is 6.27. The van der Waals surface area contributed by atoms with Crippen LogP contribution in [0.4, 0.5) is 4.39 Å². The van der Waals surface area contributed by atoms with Crippen molar-refractivity contribution < 1.29 is 9.13 Å². The molecule has 1 aliphatic rings. The van der Waals surface area contributed by atoms with Gasteiger partial charge in [0.25, 0.3) is 0 Å². The predicted octanol–water partition coefficient (Wildman–Crippen LogP) is 1.69. The van der Waals surface area contributed by atoms with Crippen LogP contribution >= 0.6 is 0 Å². The van der Waals surface area contributed by atoms with E-state index in [1.807, 2.05) is 6.07 Å². The molecule has 1 atom stereocenters. The van der Waals surface area contributed by atoms with Crippen molar-refractivity contribution in [2.24, 2.45) is 5.92 Å². The molecule has 3 nitrogen and oxygen atoms in total. The molecule has 1 N–H and O–H groups in total. The first-order valence-corrected chi connectivity index (χ1v) is 5.33. The Labute approximate surface area is 93.8 Å².